The van der Waals surface area contributed by atoms with E-state index in [0.717, 1.165) is 6.07 Å². The molecule has 0 aromatic carbocycles. The van der Waals surface area contributed by atoms with E-state index in [2.05, 4.69) is 25.6 Å². The van der Waals surface area contributed by atoms with Crippen molar-refractivity contribution in [2.45, 2.75) is 4.90 Å². The number of aromatic nitrogens is 2. The van der Waals surface area contributed by atoms with Crippen LogP contribution >= 0.6 is 15.9 Å². The molecule has 2 rings (SSSR count). The van der Waals surface area contributed by atoms with Crippen LogP contribution in [0.1, 0.15) is 10.5 Å². The number of aryl methyl sites for hydroxylation is 1. The van der Waals surface area contributed by atoms with Gasteiger partial charge in [-0.3, -0.25) is 4.72 Å². The molecule has 2 N–H and O–H groups in total. The number of sulfonamides is 1. The van der Waals surface area contributed by atoms with E-state index < -0.39 is 16.0 Å². The molecule has 2 aromatic heterocycles. The molecule has 0 aliphatic heterocycles. The van der Waals surface area contributed by atoms with Gasteiger partial charge in [-0.2, -0.15) is 0 Å². The van der Waals surface area contributed by atoms with Gasteiger partial charge >= 0.3 is 5.97 Å². The molecule has 0 fully saturated rings. The third-order valence-electron chi connectivity index (χ3n) is 2.49. The summed E-state index contributed by atoms with van der Waals surface area (Å²) >= 11 is 3.14. The molecule has 20 heavy (non-hydrogen) atoms. The van der Waals surface area contributed by atoms with Crippen LogP contribution in [0.2, 0.25) is 0 Å². The summed E-state index contributed by atoms with van der Waals surface area (Å²) in [7, 11) is -2.39. The van der Waals surface area contributed by atoms with Crippen molar-refractivity contribution >= 4 is 37.6 Å². The quantitative estimate of drug-likeness (QED) is 0.808. The van der Waals surface area contributed by atoms with Gasteiger partial charge in [-0.15, -0.1) is 0 Å². The summed E-state index contributed by atoms with van der Waals surface area (Å²) in [6, 6.07) is 4.22. The number of anilines is 1. The fourth-order valence-electron chi connectivity index (χ4n) is 1.54. The lowest BCUT2D eigenvalue weighted by Crippen LogP contribution is -2.12. The summed E-state index contributed by atoms with van der Waals surface area (Å²) < 4.78 is 28.4. The van der Waals surface area contributed by atoms with E-state index in [-0.39, 0.29) is 16.3 Å². The van der Waals surface area contributed by atoms with Gasteiger partial charge in [0.05, 0.1) is 11.9 Å². The Kier molecular flexibility index (Phi) is 3.82. The maximum absolute atomic E-state index is 12.1. The summed E-state index contributed by atoms with van der Waals surface area (Å²) in [5.74, 6) is -1.20. The molecule has 0 bridgehead atoms. The molecule has 0 spiro atoms. The Morgan fingerprint density at radius 3 is 2.65 bits per heavy atom. The predicted molar refractivity (Wildman–Crippen MR) is 75.1 cm³/mol. The first-order valence-corrected chi connectivity index (χ1v) is 7.61. The van der Waals surface area contributed by atoms with Crippen LogP contribution in [-0.4, -0.2) is 29.0 Å². The van der Waals surface area contributed by atoms with Gasteiger partial charge in [0.25, 0.3) is 10.0 Å². The first kappa shape index (κ1) is 14.5. The normalized spacial score (nSPS) is 11.3. The third-order valence-corrected chi connectivity index (χ3v) is 4.31. The number of pyridine rings is 1. The topological polar surface area (TPSA) is 101 Å². The van der Waals surface area contributed by atoms with E-state index >= 15 is 0 Å². The molecular weight excluding hydrogens is 350 g/mol. The summed E-state index contributed by atoms with van der Waals surface area (Å²) in [5, 5.41) is 8.91. The number of rotatable bonds is 4. The molecule has 0 aliphatic carbocycles. The molecule has 0 atom stereocenters. The van der Waals surface area contributed by atoms with E-state index in [9.17, 15) is 13.2 Å². The summed E-state index contributed by atoms with van der Waals surface area (Å²) in [6.07, 6.45) is 2.58. The van der Waals surface area contributed by atoms with Crippen molar-refractivity contribution in [2.24, 2.45) is 7.05 Å². The highest BCUT2D eigenvalue weighted by Crippen LogP contribution is 2.18. The van der Waals surface area contributed by atoms with E-state index in [0.29, 0.717) is 4.60 Å². The van der Waals surface area contributed by atoms with Gasteiger partial charge in [0.2, 0.25) is 0 Å². The molecule has 0 amide bonds. The van der Waals surface area contributed by atoms with Crippen molar-refractivity contribution in [1.82, 2.24) is 9.55 Å². The first-order chi connectivity index (χ1) is 9.29. The molecule has 0 saturated heterocycles. The van der Waals surface area contributed by atoms with Crippen LogP contribution in [0.5, 0.6) is 0 Å². The average Bonchev–Trinajstić information content (AvgIpc) is 2.75. The lowest BCUT2D eigenvalue weighted by atomic mass is 10.4. The summed E-state index contributed by atoms with van der Waals surface area (Å²) in [4.78, 5) is 14.7. The number of hydrogen-bond acceptors (Lipinski definition) is 4. The number of halogens is 1. The fourth-order valence-corrected chi connectivity index (χ4v) is 2.89. The molecule has 2 aromatic rings. The van der Waals surface area contributed by atoms with E-state index in [1.807, 2.05) is 0 Å². The van der Waals surface area contributed by atoms with Gasteiger partial charge in [0.1, 0.15) is 15.2 Å². The van der Waals surface area contributed by atoms with Gasteiger partial charge in [0, 0.05) is 13.2 Å². The monoisotopic (exact) mass is 359 g/mol. The number of carboxylic acid groups (broad SMARTS) is 1. The molecule has 0 saturated carbocycles. The highest BCUT2D eigenvalue weighted by molar-refractivity contribution is 9.10. The largest absolute Gasteiger partial charge is 0.477 e. The number of hydrogen-bond donors (Lipinski definition) is 2. The zero-order valence-corrected chi connectivity index (χ0v) is 12.6. The highest BCUT2D eigenvalue weighted by Gasteiger charge is 2.20. The zero-order valence-electron chi connectivity index (χ0n) is 10.2. The van der Waals surface area contributed by atoms with Crippen LogP contribution in [0.25, 0.3) is 0 Å². The van der Waals surface area contributed by atoms with Gasteiger partial charge in [-0.25, -0.2) is 18.2 Å². The molecular formula is C11H10BrN3O4S. The zero-order chi connectivity index (χ0) is 14.9. The number of aromatic carboxylic acids is 1. The third kappa shape index (κ3) is 2.99. The van der Waals surface area contributed by atoms with Crippen molar-refractivity contribution in [3.63, 3.8) is 0 Å². The lowest BCUT2D eigenvalue weighted by Gasteiger charge is -2.05. The van der Waals surface area contributed by atoms with E-state index in [1.165, 1.54) is 30.1 Å². The average molecular weight is 360 g/mol. The lowest BCUT2D eigenvalue weighted by molar-refractivity contribution is 0.0686. The predicted octanol–water partition coefficient (Wildman–Crippen LogP) is 1.68. The van der Waals surface area contributed by atoms with Crippen molar-refractivity contribution in [2.75, 3.05) is 4.72 Å². The minimum Gasteiger partial charge on any atom is -0.477 e. The van der Waals surface area contributed by atoms with Crippen LogP contribution < -0.4 is 4.72 Å². The van der Waals surface area contributed by atoms with Crippen LogP contribution in [0, 0.1) is 0 Å². The standard InChI is InChI=1S/C11H10BrN3O4S/c1-15-6-8(4-9(15)11(16)17)20(18,19)14-7-2-3-10(12)13-5-7/h2-6,14H,1H3,(H,16,17). The Morgan fingerprint density at radius 1 is 1.45 bits per heavy atom. The SMILES string of the molecule is Cn1cc(S(=O)(=O)Nc2ccc(Br)nc2)cc1C(=O)O. The Bertz CT molecular complexity index is 752. The summed E-state index contributed by atoms with van der Waals surface area (Å²) in [5.41, 5.74) is 0.174. The number of carbonyl (C=O) groups is 1. The van der Waals surface area contributed by atoms with E-state index in [1.54, 1.807) is 6.07 Å². The second kappa shape index (κ2) is 5.25. The molecule has 0 unspecified atom stereocenters. The maximum atomic E-state index is 12.1. The molecule has 7 nitrogen and oxygen atoms in total. The minimum absolute atomic E-state index is 0.112. The molecule has 0 radical (unpaired) electrons. The number of nitrogens with one attached hydrogen (secondary N) is 1. The Morgan fingerprint density at radius 2 is 2.15 bits per heavy atom. The van der Waals surface area contributed by atoms with E-state index in [4.69, 9.17) is 5.11 Å². The van der Waals surface area contributed by atoms with Crippen LogP contribution in [-0.2, 0) is 17.1 Å². The molecule has 0 aliphatic rings. The second-order valence-corrected chi connectivity index (χ2v) is 6.45. The smallest absolute Gasteiger partial charge is 0.352 e. The maximum Gasteiger partial charge on any atom is 0.352 e. The minimum atomic E-state index is -3.85. The van der Waals surface area contributed by atoms with Gasteiger partial charge in [-0.05, 0) is 34.1 Å². The first-order valence-electron chi connectivity index (χ1n) is 5.33. The number of nitrogens with zero attached hydrogens (tertiary/aromatic N) is 2. The van der Waals surface area contributed by atoms with Gasteiger partial charge in [0.15, 0.2) is 0 Å². The van der Waals surface area contributed by atoms with Crippen molar-refractivity contribution in [3.05, 3.63) is 40.9 Å². The van der Waals surface area contributed by atoms with Crippen LogP contribution in [0.4, 0.5) is 5.69 Å². The Balaban J connectivity index is 2.33. The fraction of sp³-hybridized carbons (Fsp3) is 0.0909. The number of carboxylic acids is 1. The van der Waals surface area contributed by atoms with Crippen molar-refractivity contribution in [1.29, 1.82) is 0 Å². The highest BCUT2D eigenvalue weighted by atomic mass is 79.9. The molecule has 2 heterocycles. The Labute approximate surface area is 123 Å². The van der Waals surface area contributed by atoms with Crippen molar-refractivity contribution < 1.29 is 18.3 Å². The van der Waals surface area contributed by atoms with Crippen LogP contribution in [0.15, 0.2) is 40.1 Å². The van der Waals surface area contributed by atoms with Crippen molar-refractivity contribution in [3.8, 4) is 0 Å². The molecule has 106 valence electrons. The van der Waals surface area contributed by atoms with Gasteiger partial charge in [-0.1, -0.05) is 0 Å². The Hall–Kier alpha value is -1.87. The second-order valence-electron chi connectivity index (χ2n) is 3.95. The van der Waals surface area contributed by atoms with Gasteiger partial charge < -0.3 is 9.67 Å². The summed E-state index contributed by atoms with van der Waals surface area (Å²) in [6.45, 7) is 0. The van der Waals surface area contributed by atoms with Crippen LogP contribution in [0.3, 0.4) is 0 Å². The molecule has 9 heteroatoms.